The summed E-state index contributed by atoms with van der Waals surface area (Å²) < 4.78 is 7.61. The average molecular weight is 311 g/mol. The molecule has 0 radical (unpaired) electrons. The highest BCUT2D eigenvalue weighted by Crippen LogP contribution is 2.40. The zero-order chi connectivity index (χ0) is 16.0. The molecule has 4 rings (SSSR count). The lowest BCUT2D eigenvalue weighted by Gasteiger charge is -2.23. The van der Waals surface area contributed by atoms with Crippen LogP contribution >= 0.6 is 0 Å². The highest BCUT2D eigenvalue weighted by atomic mass is 16.5. The van der Waals surface area contributed by atoms with Crippen molar-refractivity contribution in [2.24, 2.45) is 0 Å². The van der Waals surface area contributed by atoms with E-state index in [9.17, 15) is 4.79 Å². The largest absolute Gasteiger partial charge is 0.493 e. The topological polar surface area (TPSA) is 56.2 Å². The average Bonchev–Trinajstić information content (AvgIpc) is 3.11. The molecule has 1 unspecified atom stereocenters. The summed E-state index contributed by atoms with van der Waals surface area (Å²) in [4.78, 5) is 12.1. The normalized spacial score (nSPS) is 19.0. The number of fused-ring (bicyclic) bond motifs is 2. The van der Waals surface area contributed by atoms with Crippen molar-refractivity contribution in [1.29, 1.82) is 0 Å². The van der Waals surface area contributed by atoms with Crippen molar-refractivity contribution < 1.29 is 9.53 Å². The van der Waals surface area contributed by atoms with Gasteiger partial charge in [0.25, 0.3) is 0 Å². The van der Waals surface area contributed by atoms with E-state index < -0.39 is 0 Å². The number of hydrogen-bond acceptors (Lipinski definition) is 3. The quantitative estimate of drug-likeness (QED) is 0.948. The van der Waals surface area contributed by atoms with Crippen LogP contribution in [0.25, 0.3) is 0 Å². The van der Waals surface area contributed by atoms with Gasteiger partial charge in [-0.2, -0.15) is 5.10 Å². The summed E-state index contributed by atoms with van der Waals surface area (Å²) in [5.74, 6) is 1.83. The molecular weight excluding hydrogens is 290 g/mol. The van der Waals surface area contributed by atoms with E-state index >= 15 is 0 Å². The second kappa shape index (κ2) is 5.41. The Morgan fingerprint density at radius 3 is 3.13 bits per heavy atom. The predicted molar refractivity (Wildman–Crippen MR) is 88.0 cm³/mol. The number of anilines is 1. The maximum atomic E-state index is 12.1. The summed E-state index contributed by atoms with van der Waals surface area (Å²) in [5, 5.41) is 7.53. The van der Waals surface area contributed by atoms with Gasteiger partial charge in [0.2, 0.25) is 5.91 Å². The maximum Gasteiger partial charge on any atom is 0.226 e. The molecule has 5 nitrogen and oxygen atoms in total. The number of amides is 1. The number of carbonyl (C=O) groups excluding carboxylic acids is 1. The second-order valence-electron chi connectivity index (χ2n) is 6.34. The molecule has 1 N–H and O–H groups in total. The molecule has 0 fully saturated rings. The van der Waals surface area contributed by atoms with E-state index in [1.165, 1.54) is 11.1 Å². The van der Waals surface area contributed by atoms with Gasteiger partial charge in [-0.1, -0.05) is 19.1 Å². The zero-order valence-corrected chi connectivity index (χ0v) is 13.6. The van der Waals surface area contributed by atoms with Gasteiger partial charge in [-0.25, -0.2) is 0 Å². The van der Waals surface area contributed by atoms with Crippen molar-refractivity contribution in [1.82, 2.24) is 9.78 Å². The highest BCUT2D eigenvalue weighted by Gasteiger charge is 2.32. The van der Waals surface area contributed by atoms with E-state index in [-0.39, 0.29) is 11.8 Å². The van der Waals surface area contributed by atoms with E-state index in [4.69, 9.17) is 4.74 Å². The lowest BCUT2D eigenvalue weighted by molar-refractivity contribution is -0.116. The number of nitrogens with one attached hydrogen (secondary N) is 1. The smallest absolute Gasteiger partial charge is 0.226 e. The molecule has 0 spiro atoms. The Balaban J connectivity index is 1.79. The number of carbonyl (C=O) groups is 1. The molecule has 0 bridgehead atoms. The standard InChI is InChI=1S/C18H21N3O2/c1-3-7-21-11(2)17-14(10-16(22)19-18(17)20-21)12-4-5-15-13(9-12)6-8-23-15/h4-5,9,14H,3,6-8,10H2,1-2H3,(H,19,20,22). The summed E-state index contributed by atoms with van der Waals surface area (Å²) in [6.45, 7) is 5.86. The first-order chi connectivity index (χ1) is 11.2. The van der Waals surface area contributed by atoms with Gasteiger partial charge in [0.05, 0.1) is 6.61 Å². The van der Waals surface area contributed by atoms with Crippen LogP contribution in [-0.2, 0) is 17.8 Å². The Labute approximate surface area is 135 Å². The molecule has 2 aliphatic heterocycles. The van der Waals surface area contributed by atoms with Gasteiger partial charge in [-0.05, 0) is 30.5 Å². The molecule has 1 amide bonds. The van der Waals surface area contributed by atoms with Crippen LogP contribution in [0.15, 0.2) is 18.2 Å². The minimum absolute atomic E-state index is 0.0420. The van der Waals surface area contributed by atoms with Gasteiger partial charge < -0.3 is 10.1 Å². The molecule has 120 valence electrons. The molecule has 23 heavy (non-hydrogen) atoms. The van der Waals surface area contributed by atoms with Crippen LogP contribution < -0.4 is 10.1 Å². The molecule has 1 atom stereocenters. The SMILES string of the molecule is CCCn1nc2c(c1C)C(c1ccc3c(c1)CCO3)CC(=O)N2. The molecular formula is C18H21N3O2. The Morgan fingerprint density at radius 2 is 2.30 bits per heavy atom. The lowest BCUT2D eigenvalue weighted by Crippen LogP contribution is -2.23. The van der Waals surface area contributed by atoms with E-state index in [1.54, 1.807) is 0 Å². The number of benzene rings is 1. The molecule has 1 aromatic carbocycles. The fourth-order valence-electron chi connectivity index (χ4n) is 3.68. The molecule has 2 aromatic rings. The highest BCUT2D eigenvalue weighted by molar-refractivity contribution is 5.94. The number of rotatable bonds is 3. The Kier molecular flexibility index (Phi) is 3.36. The van der Waals surface area contributed by atoms with Crippen molar-refractivity contribution in [2.75, 3.05) is 11.9 Å². The van der Waals surface area contributed by atoms with Crippen molar-refractivity contribution in [3.63, 3.8) is 0 Å². The van der Waals surface area contributed by atoms with E-state index in [0.717, 1.165) is 48.8 Å². The van der Waals surface area contributed by atoms with Crippen LogP contribution in [0.3, 0.4) is 0 Å². The van der Waals surface area contributed by atoms with Gasteiger partial charge in [-0.3, -0.25) is 9.48 Å². The van der Waals surface area contributed by atoms with E-state index in [0.29, 0.717) is 6.42 Å². The summed E-state index contributed by atoms with van der Waals surface area (Å²) in [7, 11) is 0. The Hall–Kier alpha value is -2.30. The Bertz CT molecular complexity index is 779. The molecule has 1 aromatic heterocycles. The van der Waals surface area contributed by atoms with Crippen LogP contribution in [0.1, 0.15) is 48.1 Å². The van der Waals surface area contributed by atoms with Gasteiger partial charge in [0, 0.05) is 36.6 Å². The first kappa shape index (κ1) is 14.3. The summed E-state index contributed by atoms with van der Waals surface area (Å²) >= 11 is 0. The lowest BCUT2D eigenvalue weighted by atomic mass is 9.85. The fraction of sp³-hybridized carbons (Fsp3) is 0.444. The monoisotopic (exact) mass is 311 g/mol. The number of aryl methyl sites for hydroxylation is 1. The number of ether oxygens (including phenoxy) is 1. The van der Waals surface area contributed by atoms with Crippen LogP contribution in [0.5, 0.6) is 5.75 Å². The van der Waals surface area contributed by atoms with E-state index in [2.05, 4.69) is 36.4 Å². The second-order valence-corrected chi connectivity index (χ2v) is 6.34. The van der Waals surface area contributed by atoms with Crippen LogP contribution in [0.2, 0.25) is 0 Å². The third-order valence-corrected chi connectivity index (χ3v) is 4.80. The third kappa shape index (κ3) is 2.31. The van der Waals surface area contributed by atoms with Gasteiger partial charge in [0.15, 0.2) is 5.82 Å². The molecule has 3 heterocycles. The van der Waals surface area contributed by atoms with Crippen molar-refractivity contribution in [3.8, 4) is 5.75 Å². The van der Waals surface area contributed by atoms with Crippen LogP contribution in [0.4, 0.5) is 5.82 Å². The van der Waals surface area contributed by atoms with Gasteiger partial charge >= 0.3 is 0 Å². The number of aromatic nitrogens is 2. The van der Waals surface area contributed by atoms with Crippen molar-refractivity contribution in [3.05, 3.63) is 40.6 Å². The van der Waals surface area contributed by atoms with Crippen LogP contribution in [-0.4, -0.2) is 22.3 Å². The molecule has 5 heteroatoms. The maximum absolute atomic E-state index is 12.1. The third-order valence-electron chi connectivity index (χ3n) is 4.80. The summed E-state index contributed by atoms with van der Waals surface area (Å²) in [6.07, 6.45) is 2.45. The predicted octanol–water partition coefficient (Wildman–Crippen LogP) is 3.01. The molecule has 2 aliphatic rings. The minimum atomic E-state index is 0.0420. The van der Waals surface area contributed by atoms with Gasteiger partial charge in [-0.15, -0.1) is 0 Å². The first-order valence-corrected chi connectivity index (χ1v) is 8.30. The number of hydrogen-bond donors (Lipinski definition) is 1. The minimum Gasteiger partial charge on any atom is -0.493 e. The van der Waals surface area contributed by atoms with Crippen molar-refractivity contribution in [2.45, 2.75) is 45.6 Å². The molecule has 0 aliphatic carbocycles. The van der Waals surface area contributed by atoms with Crippen LogP contribution in [0, 0.1) is 6.92 Å². The van der Waals surface area contributed by atoms with E-state index in [1.807, 2.05) is 10.7 Å². The first-order valence-electron chi connectivity index (χ1n) is 8.30. The number of nitrogens with zero attached hydrogens (tertiary/aromatic N) is 2. The van der Waals surface area contributed by atoms with Gasteiger partial charge in [0.1, 0.15) is 5.75 Å². The zero-order valence-electron chi connectivity index (χ0n) is 13.6. The van der Waals surface area contributed by atoms with Crippen molar-refractivity contribution >= 4 is 11.7 Å². The molecule has 0 saturated heterocycles. The summed E-state index contributed by atoms with van der Waals surface area (Å²) in [6, 6.07) is 6.33. The fourth-order valence-corrected chi connectivity index (χ4v) is 3.68. The molecule has 0 saturated carbocycles. The Morgan fingerprint density at radius 1 is 1.43 bits per heavy atom. The summed E-state index contributed by atoms with van der Waals surface area (Å²) in [5.41, 5.74) is 4.75.